The summed E-state index contributed by atoms with van der Waals surface area (Å²) < 4.78 is 5.53. The third-order valence-electron chi connectivity index (χ3n) is 5.23. The predicted octanol–water partition coefficient (Wildman–Crippen LogP) is 2.21. The van der Waals surface area contributed by atoms with Gasteiger partial charge in [-0.2, -0.15) is 5.01 Å². The monoisotopic (exact) mass is 359 g/mol. The number of amides is 4. The summed E-state index contributed by atoms with van der Waals surface area (Å²) in [5, 5.41) is 3.56. The van der Waals surface area contributed by atoms with E-state index >= 15 is 0 Å². The number of hydrazine groups is 1. The molecule has 0 unspecified atom stereocenters. The van der Waals surface area contributed by atoms with E-state index in [4.69, 9.17) is 4.74 Å². The van der Waals surface area contributed by atoms with Gasteiger partial charge in [0.05, 0.1) is 0 Å². The number of imide groups is 1. The summed E-state index contributed by atoms with van der Waals surface area (Å²) in [5.74, 6) is 0.222. The van der Waals surface area contributed by atoms with Crippen LogP contribution in [0.3, 0.4) is 0 Å². The lowest BCUT2D eigenvalue weighted by Gasteiger charge is -2.33. The van der Waals surface area contributed by atoms with Crippen molar-refractivity contribution >= 4 is 17.8 Å². The molecule has 7 heteroatoms. The Labute approximate surface area is 153 Å². The van der Waals surface area contributed by atoms with Crippen molar-refractivity contribution < 1.29 is 19.1 Å². The minimum Gasteiger partial charge on any atom is -0.483 e. The second-order valence-corrected chi connectivity index (χ2v) is 7.43. The first-order valence-electron chi connectivity index (χ1n) is 8.97. The highest BCUT2D eigenvalue weighted by Gasteiger charge is 2.52. The van der Waals surface area contributed by atoms with Crippen LogP contribution in [0.5, 0.6) is 5.75 Å². The molecule has 3 rings (SSSR count). The number of carbonyl (C=O) groups excluding carboxylic acids is 3. The Bertz CT molecular complexity index is 738. The minimum absolute atomic E-state index is 0.272. The largest absolute Gasteiger partial charge is 0.483 e. The number of aryl methyl sites for hydroxylation is 2. The average Bonchev–Trinajstić information content (AvgIpc) is 2.83. The summed E-state index contributed by atoms with van der Waals surface area (Å²) in [6.45, 7) is 5.69. The van der Waals surface area contributed by atoms with E-state index in [0.717, 1.165) is 29.0 Å². The Kier molecular flexibility index (Phi) is 4.89. The molecule has 1 spiro atoms. The van der Waals surface area contributed by atoms with Gasteiger partial charge in [-0.05, 0) is 62.6 Å². The van der Waals surface area contributed by atoms with E-state index in [-0.39, 0.29) is 12.5 Å². The molecular formula is C19H25N3O4. The first kappa shape index (κ1) is 18.2. The molecule has 26 heavy (non-hydrogen) atoms. The first-order chi connectivity index (χ1) is 12.3. The van der Waals surface area contributed by atoms with E-state index in [1.54, 1.807) is 0 Å². The molecule has 1 aliphatic heterocycles. The number of benzene rings is 1. The third-order valence-corrected chi connectivity index (χ3v) is 5.23. The van der Waals surface area contributed by atoms with Crippen molar-refractivity contribution in [3.05, 3.63) is 29.3 Å². The van der Waals surface area contributed by atoms with Gasteiger partial charge in [0.15, 0.2) is 6.61 Å². The minimum atomic E-state index is -0.870. The Balaban J connectivity index is 1.60. The summed E-state index contributed by atoms with van der Waals surface area (Å²) in [6, 6.07) is 5.13. The van der Waals surface area contributed by atoms with Crippen LogP contribution in [0.15, 0.2) is 18.2 Å². The van der Waals surface area contributed by atoms with Crippen molar-refractivity contribution in [2.24, 2.45) is 5.92 Å². The maximum absolute atomic E-state index is 12.7. The zero-order chi connectivity index (χ0) is 18.9. The van der Waals surface area contributed by atoms with Gasteiger partial charge in [-0.25, -0.2) is 4.79 Å². The van der Waals surface area contributed by atoms with Crippen LogP contribution >= 0.6 is 0 Å². The third kappa shape index (κ3) is 3.52. The van der Waals surface area contributed by atoms with E-state index in [0.29, 0.717) is 24.5 Å². The Morgan fingerprint density at radius 3 is 2.69 bits per heavy atom. The SMILES string of the molecule is Cc1ccc(C)c(OCC(=O)NN2C(=O)NC3(CCC(C)CC3)C2=O)c1. The van der Waals surface area contributed by atoms with Crippen LogP contribution in [0.1, 0.15) is 43.7 Å². The quantitative estimate of drug-likeness (QED) is 0.807. The molecule has 7 nitrogen and oxygen atoms in total. The summed E-state index contributed by atoms with van der Waals surface area (Å²) in [6.07, 6.45) is 2.96. The van der Waals surface area contributed by atoms with Crippen LogP contribution in [-0.4, -0.2) is 35.0 Å². The van der Waals surface area contributed by atoms with E-state index < -0.39 is 17.5 Å². The highest BCUT2D eigenvalue weighted by Crippen LogP contribution is 2.35. The van der Waals surface area contributed by atoms with Gasteiger partial charge in [0.1, 0.15) is 11.3 Å². The molecule has 1 heterocycles. The molecule has 1 saturated heterocycles. The van der Waals surface area contributed by atoms with E-state index in [2.05, 4.69) is 17.7 Å². The van der Waals surface area contributed by atoms with E-state index in [1.807, 2.05) is 32.0 Å². The van der Waals surface area contributed by atoms with Gasteiger partial charge in [0, 0.05) is 0 Å². The van der Waals surface area contributed by atoms with Gasteiger partial charge in [-0.3, -0.25) is 15.0 Å². The molecular weight excluding hydrogens is 334 g/mol. The molecule has 0 radical (unpaired) electrons. The number of nitrogens with one attached hydrogen (secondary N) is 2. The lowest BCUT2D eigenvalue weighted by Crippen LogP contribution is -2.52. The fraction of sp³-hybridized carbons (Fsp3) is 0.526. The molecule has 1 saturated carbocycles. The van der Waals surface area contributed by atoms with Crippen LogP contribution in [0, 0.1) is 19.8 Å². The van der Waals surface area contributed by atoms with Crippen LogP contribution in [0.2, 0.25) is 0 Å². The molecule has 4 amide bonds. The highest BCUT2D eigenvalue weighted by atomic mass is 16.5. The topological polar surface area (TPSA) is 87.7 Å². The van der Waals surface area contributed by atoms with Gasteiger partial charge in [0.25, 0.3) is 11.8 Å². The maximum Gasteiger partial charge on any atom is 0.344 e. The molecule has 0 aromatic heterocycles. The van der Waals surface area contributed by atoms with Gasteiger partial charge >= 0.3 is 6.03 Å². The van der Waals surface area contributed by atoms with Crippen molar-refractivity contribution in [2.75, 3.05) is 6.61 Å². The van der Waals surface area contributed by atoms with Gasteiger partial charge in [-0.15, -0.1) is 0 Å². The molecule has 0 atom stereocenters. The van der Waals surface area contributed by atoms with Gasteiger partial charge in [0.2, 0.25) is 0 Å². The number of ether oxygens (including phenoxy) is 1. The molecule has 2 N–H and O–H groups in total. The molecule has 140 valence electrons. The Hall–Kier alpha value is -2.57. The number of rotatable bonds is 4. The summed E-state index contributed by atoms with van der Waals surface area (Å²) in [7, 11) is 0. The van der Waals surface area contributed by atoms with E-state index in [9.17, 15) is 14.4 Å². The second-order valence-electron chi connectivity index (χ2n) is 7.43. The van der Waals surface area contributed by atoms with Gasteiger partial charge < -0.3 is 10.1 Å². The summed E-state index contributed by atoms with van der Waals surface area (Å²) in [5.41, 5.74) is 3.44. The Morgan fingerprint density at radius 1 is 1.31 bits per heavy atom. The first-order valence-corrected chi connectivity index (χ1v) is 8.97. The number of hydrogen-bond donors (Lipinski definition) is 2. The summed E-state index contributed by atoms with van der Waals surface area (Å²) >= 11 is 0. The normalized spacial score (nSPS) is 25.3. The fourth-order valence-electron chi connectivity index (χ4n) is 3.48. The predicted molar refractivity (Wildman–Crippen MR) is 95.3 cm³/mol. The smallest absolute Gasteiger partial charge is 0.344 e. The summed E-state index contributed by atoms with van der Waals surface area (Å²) in [4.78, 5) is 37.1. The zero-order valence-corrected chi connectivity index (χ0v) is 15.4. The van der Waals surface area contributed by atoms with Crippen molar-refractivity contribution in [3.8, 4) is 5.75 Å². The molecule has 1 aromatic rings. The molecule has 1 aliphatic carbocycles. The van der Waals surface area contributed by atoms with Crippen molar-refractivity contribution in [1.82, 2.24) is 15.8 Å². The van der Waals surface area contributed by atoms with Crippen LogP contribution < -0.4 is 15.5 Å². The number of urea groups is 1. The number of carbonyl (C=O) groups is 3. The molecule has 1 aromatic carbocycles. The van der Waals surface area contributed by atoms with Crippen molar-refractivity contribution in [3.63, 3.8) is 0 Å². The molecule has 0 bridgehead atoms. The van der Waals surface area contributed by atoms with Crippen molar-refractivity contribution in [1.29, 1.82) is 0 Å². The van der Waals surface area contributed by atoms with Crippen LogP contribution in [-0.2, 0) is 9.59 Å². The number of hydrogen-bond acceptors (Lipinski definition) is 4. The van der Waals surface area contributed by atoms with Crippen LogP contribution in [0.25, 0.3) is 0 Å². The molecule has 2 fully saturated rings. The van der Waals surface area contributed by atoms with E-state index in [1.165, 1.54) is 0 Å². The standard InChI is InChI=1S/C19H25N3O4/c1-12-6-8-19(9-7-12)17(24)22(18(25)20-19)21-16(23)11-26-15-10-13(2)4-5-14(15)3/h4-5,10,12H,6-9,11H2,1-3H3,(H,20,25)(H,21,23). The second kappa shape index (κ2) is 6.97. The maximum atomic E-state index is 12.7. The van der Waals surface area contributed by atoms with Gasteiger partial charge in [-0.1, -0.05) is 19.1 Å². The van der Waals surface area contributed by atoms with Crippen molar-refractivity contribution in [2.45, 2.75) is 52.0 Å². The number of nitrogens with zero attached hydrogens (tertiary/aromatic N) is 1. The lowest BCUT2D eigenvalue weighted by molar-refractivity contribution is -0.140. The Morgan fingerprint density at radius 2 is 2.00 bits per heavy atom. The fourth-order valence-corrected chi connectivity index (χ4v) is 3.48. The zero-order valence-electron chi connectivity index (χ0n) is 15.4. The van der Waals surface area contributed by atoms with Crippen LogP contribution in [0.4, 0.5) is 4.79 Å². The lowest BCUT2D eigenvalue weighted by atomic mass is 9.77. The highest BCUT2D eigenvalue weighted by molar-refractivity contribution is 6.08. The molecule has 2 aliphatic rings. The average molecular weight is 359 g/mol.